The molecule has 1 unspecified atom stereocenters. The molecule has 0 spiro atoms. The fourth-order valence-corrected chi connectivity index (χ4v) is 4.49. The summed E-state index contributed by atoms with van der Waals surface area (Å²) in [5.74, 6) is 0.774. The Morgan fingerprint density at radius 1 is 1.23 bits per heavy atom. The van der Waals surface area contributed by atoms with Gasteiger partial charge >= 0.3 is 5.69 Å². The highest BCUT2D eigenvalue weighted by Gasteiger charge is 2.29. The van der Waals surface area contributed by atoms with Gasteiger partial charge in [0.05, 0.1) is 13.2 Å². The first-order valence-corrected chi connectivity index (χ1v) is 11.3. The molecule has 0 amide bonds. The van der Waals surface area contributed by atoms with Gasteiger partial charge in [-0.3, -0.25) is 9.47 Å². The Hall–Kier alpha value is -2.28. The summed E-state index contributed by atoms with van der Waals surface area (Å²) in [6.07, 6.45) is 14.9. The summed E-state index contributed by atoms with van der Waals surface area (Å²) < 4.78 is 8.70. The fourth-order valence-electron chi connectivity index (χ4n) is 4.49. The normalized spacial score (nSPS) is 24.9. The summed E-state index contributed by atoms with van der Waals surface area (Å²) in [6.45, 7) is 12.1. The third kappa shape index (κ3) is 5.25. The van der Waals surface area contributed by atoms with E-state index in [0.29, 0.717) is 12.1 Å². The van der Waals surface area contributed by atoms with Crippen LogP contribution in [0.1, 0.15) is 58.0 Å². The Morgan fingerprint density at radius 3 is 2.50 bits per heavy atom. The predicted molar refractivity (Wildman–Crippen MR) is 120 cm³/mol. The van der Waals surface area contributed by atoms with Crippen LogP contribution in [0.3, 0.4) is 0 Å². The molecule has 7 heteroatoms. The van der Waals surface area contributed by atoms with Crippen molar-refractivity contribution >= 4 is 0 Å². The van der Waals surface area contributed by atoms with E-state index in [1.165, 1.54) is 0 Å². The van der Waals surface area contributed by atoms with Crippen LogP contribution in [0.25, 0.3) is 0 Å². The van der Waals surface area contributed by atoms with E-state index >= 15 is 0 Å². The number of ether oxygens (including phenoxy) is 1. The quantitative estimate of drug-likeness (QED) is 0.481. The van der Waals surface area contributed by atoms with Crippen molar-refractivity contribution in [3.05, 3.63) is 53.6 Å². The van der Waals surface area contributed by atoms with Gasteiger partial charge in [0.15, 0.2) is 0 Å². The second kappa shape index (κ2) is 10.7. The second-order valence-electron chi connectivity index (χ2n) is 8.38. The molecule has 166 valence electrons. The van der Waals surface area contributed by atoms with Crippen molar-refractivity contribution in [3.8, 4) is 0 Å². The van der Waals surface area contributed by atoms with Crippen LogP contribution < -0.4 is 5.69 Å². The molecule has 0 bridgehead atoms. The number of piperazine rings is 1. The first-order chi connectivity index (χ1) is 14.6. The van der Waals surface area contributed by atoms with Gasteiger partial charge in [0.2, 0.25) is 0 Å². The summed E-state index contributed by atoms with van der Waals surface area (Å²) in [6, 6.07) is 1.09. The lowest BCUT2D eigenvalue weighted by atomic mass is 9.89. The van der Waals surface area contributed by atoms with E-state index in [1.54, 1.807) is 24.2 Å². The van der Waals surface area contributed by atoms with Crippen LogP contribution in [-0.4, -0.2) is 63.5 Å². The van der Waals surface area contributed by atoms with Gasteiger partial charge < -0.3 is 9.64 Å². The molecule has 1 aliphatic heterocycles. The lowest BCUT2D eigenvalue weighted by Crippen LogP contribution is -2.49. The number of allylic oxidation sites excluding steroid dienone is 3. The van der Waals surface area contributed by atoms with E-state index < -0.39 is 0 Å². The molecule has 0 radical (unpaired) electrons. The van der Waals surface area contributed by atoms with Crippen LogP contribution in [0, 0.1) is 0 Å². The maximum absolute atomic E-state index is 12.7. The maximum Gasteiger partial charge on any atom is 0.346 e. The zero-order valence-corrected chi connectivity index (χ0v) is 18.7. The predicted octanol–water partition coefficient (Wildman–Crippen LogP) is 3.35. The van der Waals surface area contributed by atoms with Crippen molar-refractivity contribution in [1.82, 2.24) is 24.1 Å². The van der Waals surface area contributed by atoms with Gasteiger partial charge in [0.1, 0.15) is 12.1 Å². The molecule has 0 N–H and O–H groups in total. The van der Waals surface area contributed by atoms with E-state index in [9.17, 15) is 4.79 Å². The van der Waals surface area contributed by atoms with Gasteiger partial charge in [-0.2, -0.15) is 5.10 Å². The lowest BCUT2D eigenvalue weighted by Gasteiger charge is -2.41. The molecule has 2 heterocycles. The fraction of sp³-hybridized carbons (Fsp3) is 0.652. The molecular formula is C23H37N5O2. The average molecular weight is 416 g/mol. The maximum atomic E-state index is 12.7. The van der Waals surface area contributed by atoms with E-state index in [1.807, 2.05) is 16.7 Å². The third-order valence-electron chi connectivity index (χ3n) is 6.64. The number of hydrogen-bond donors (Lipinski definition) is 0. The molecule has 1 aromatic heterocycles. The summed E-state index contributed by atoms with van der Waals surface area (Å²) in [5.41, 5.74) is 0.0512. The molecule has 3 rings (SSSR count). The Kier molecular flexibility index (Phi) is 7.96. The monoisotopic (exact) mass is 415 g/mol. The van der Waals surface area contributed by atoms with Crippen LogP contribution in [-0.2, 0) is 4.74 Å². The molecule has 2 aliphatic rings. The summed E-state index contributed by atoms with van der Waals surface area (Å²) in [4.78, 5) is 17.7. The second-order valence-corrected chi connectivity index (χ2v) is 8.38. The standard InChI is InChI=1S/C23H37N5O2/c1-5-19(3)28-23(29)27(18-24-28)21-11-9-20(10-12-21)26-16-14-25(15-17-26)13-7-8-22(6-2)30-4/h6-8,13,18-21H,2,5,9-12,14-17H2,1,3-4H3/b13-7+,22-8+. The Labute approximate surface area is 180 Å². The molecule has 0 aromatic carbocycles. The largest absolute Gasteiger partial charge is 0.497 e. The van der Waals surface area contributed by atoms with Crippen LogP contribution in [0.4, 0.5) is 0 Å². The number of methoxy groups -OCH3 is 1. The van der Waals surface area contributed by atoms with Crippen LogP contribution in [0.15, 0.2) is 47.9 Å². The molecule has 1 aromatic rings. The van der Waals surface area contributed by atoms with Gasteiger partial charge in [-0.15, -0.1) is 0 Å². The van der Waals surface area contributed by atoms with Crippen molar-refractivity contribution < 1.29 is 4.74 Å². The molecule has 1 atom stereocenters. The average Bonchev–Trinajstić information content (AvgIpc) is 3.18. The molecule has 7 nitrogen and oxygen atoms in total. The minimum atomic E-state index is 0.0512. The smallest absolute Gasteiger partial charge is 0.346 e. The van der Waals surface area contributed by atoms with Crippen LogP contribution in [0.2, 0.25) is 0 Å². The topological polar surface area (TPSA) is 55.5 Å². The highest BCUT2D eigenvalue weighted by Crippen LogP contribution is 2.30. The Balaban J connectivity index is 1.47. The zero-order chi connectivity index (χ0) is 21.5. The molecule has 1 saturated carbocycles. The molecule has 1 saturated heterocycles. The highest BCUT2D eigenvalue weighted by molar-refractivity contribution is 5.16. The number of rotatable bonds is 8. The number of hydrogen-bond acceptors (Lipinski definition) is 5. The van der Waals surface area contributed by atoms with Gasteiger partial charge in [0, 0.05) is 38.3 Å². The molecule has 2 fully saturated rings. The minimum Gasteiger partial charge on any atom is -0.497 e. The van der Waals surface area contributed by atoms with E-state index in [0.717, 1.165) is 64.0 Å². The highest BCUT2D eigenvalue weighted by atomic mass is 16.5. The number of aromatic nitrogens is 3. The van der Waals surface area contributed by atoms with Crippen molar-refractivity contribution in [2.75, 3.05) is 33.3 Å². The van der Waals surface area contributed by atoms with Crippen molar-refractivity contribution in [3.63, 3.8) is 0 Å². The number of nitrogens with zero attached hydrogens (tertiary/aromatic N) is 5. The van der Waals surface area contributed by atoms with E-state index in [2.05, 4.69) is 41.5 Å². The SMILES string of the molecule is C=C/C(=C\C=C\N1CCN(C2CCC(n3cnn(C(C)CC)c3=O)CC2)CC1)OC. The lowest BCUT2D eigenvalue weighted by molar-refractivity contribution is 0.0891. The van der Waals surface area contributed by atoms with Crippen molar-refractivity contribution in [2.45, 2.75) is 64.1 Å². The summed E-state index contributed by atoms with van der Waals surface area (Å²) in [5, 5.41) is 4.35. The third-order valence-corrected chi connectivity index (χ3v) is 6.64. The van der Waals surface area contributed by atoms with Gasteiger partial charge in [-0.05, 0) is 63.5 Å². The van der Waals surface area contributed by atoms with Crippen LogP contribution >= 0.6 is 0 Å². The van der Waals surface area contributed by atoms with E-state index in [4.69, 9.17) is 4.74 Å². The Bertz CT molecular complexity index is 793. The van der Waals surface area contributed by atoms with Crippen LogP contribution in [0.5, 0.6) is 0 Å². The first kappa shape index (κ1) is 22.4. The summed E-state index contributed by atoms with van der Waals surface area (Å²) >= 11 is 0. The van der Waals surface area contributed by atoms with Crippen molar-refractivity contribution in [2.24, 2.45) is 0 Å². The zero-order valence-electron chi connectivity index (χ0n) is 18.7. The van der Waals surface area contributed by atoms with Gasteiger partial charge in [-0.1, -0.05) is 13.5 Å². The van der Waals surface area contributed by atoms with E-state index in [-0.39, 0.29) is 11.7 Å². The Morgan fingerprint density at radius 2 is 1.90 bits per heavy atom. The first-order valence-electron chi connectivity index (χ1n) is 11.3. The molecule has 30 heavy (non-hydrogen) atoms. The van der Waals surface area contributed by atoms with Gasteiger partial charge in [0.25, 0.3) is 0 Å². The minimum absolute atomic E-state index is 0.0512. The summed E-state index contributed by atoms with van der Waals surface area (Å²) in [7, 11) is 1.66. The van der Waals surface area contributed by atoms with Crippen molar-refractivity contribution in [1.29, 1.82) is 0 Å². The molecule has 1 aliphatic carbocycles. The van der Waals surface area contributed by atoms with Gasteiger partial charge in [-0.25, -0.2) is 9.48 Å². The molecular weight excluding hydrogens is 378 g/mol.